The molecule has 0 N–H and O–H groups in total. The van der Waals surface area contributed by atoms with Crippen LogP contribution in [0.3, 0.4) is 0 Å². The minimum Gasteiger partial charge on any atom is -0.307 e. The van der Waals surface area contributed by atoms with Gasteiger partial charge in [0.1, 0.15) is 6.07 Å². The van der Waals surface area contributed by atoms with Crippen LogP contribution < -0.4 is 0 Å². The Morgan fingerprint density at radius 1 is 0.192 bits per heavy atom. The van der Waals surface area contributed by atoms with Gasteiger partial charge in [0.15, 0.2) is 34.9 Å². The monoisotopic (exact) mass is 1530 g/mol. The fourth-order valence-electron chi connectivity index (χ4n) is 18.2. The number of fused-ring (bicyclic) bond motifs is 12. The predicted molar refractivity (Wildman–Crippen MR) is 490 cm³/mol. The maximum atomic E-state index is 12.2. The van der Waals surface area contributed by atoms with Gasteiger partial charge in [0.2, 0.25) is 0 Å². The summed E-state index contributed by atoms with van der Waals surface area (Å²) in [6, 6.07) is 146. The molecule has 23 rings (SSSR count). The highest BCUT2D eigenvalue weighted by molar-refractivity contribution is 6.18. The Bertz CT molecular complexity index is 7800. The first-order chi connectivity index (χ1) is 59.5. The minimum absolute atomic E-state index is 0.386. The van der Waals surface area contributed by atoms with Gasteiger partial charge >= 0.3 is 0 Å². The van der Waals surface area contributed by atoms with Crippen LogP contribution in [0, 0.1) is 11.3 Å². The molecule has 17 aromatic carbocycles. The summed E-state index contributed by atoms with van der Waals surface area (Å²) < 4.78 is 9.57. The molecule has 0 unspecified atom stereocenters. The van der Waals surface area contributed by atoms with Crippen LogP contribution in [0.2, 0.25) is 0 Å². The molecule has 6 aromatic heterocycles. The maximum absolute atomic E-state index is 12.2. The number of nitriles is 1. The molecule has 0 aliphatic rings. The van der Waals surface area contributed by atoms with Gasteiger partial charge in [0.25, 0.3) is 0 Å². The molecule has 0 atom stereocenters. The molecule has 0 aliphatic heterocycles. The Labute approximate surface area is 689 Å². The standard InChI is InChI=1S/C109H67N11/c110-68-89-86(108-113-104(72-33-8-2-9-34-72)111-105(114-108)73-35-10-3-11-36-73)61-63-98(102(89)119-92-51-25-18-43-82(92)83-44-19-26-52-93(83)119)118-96-55-29-22-47-87(96)101-79(48-30-56-97(101)118)71-59-57-70(58-60-71)77-65-76(69-31-6-1-7-32-69)66-78(67-77)100-88(109-115-106(74-37-12-4-13-38-74)112-107(116-109)75-39-14-5-15-40-75)62-64-99(117-90-49-23-16-41-80(90)81-42-17-24-50-91(81)117)103(100)120-94-53-27-20-45-84(94)85-46-21-28-54-95(85)120/h1-67H. The number of rotatable bonds is 14. The molecule has 6 heterocycles. The van der Waals surface area contributed by atoms with E-state index >= 15 is 0 Å². The number of hydrogen-bond donors (Lipinski definition) is 0. The normalized spacial score (nSPS) is 11.7. The van der Waals surface area contributed by atoms with Crippen LogP contribution in [0.15, 0.2) is 406 Å². The fourth-order valence-corrected chi connectivity index (χ4v) is 18.2. The first kappa shape index (κ1) is 69.0. The third kappa shape index (κ3) is 11.3. The van der Waals surface area contributed by atoms with Crippen molar-refractivity contribution in [3.8, 4) is 142 Å². The third-order valence-electron chi connectivity index (χ3n) is 23.5. The molecule has 0 amide bonds. The van der Waals surface area contributed by atoms with Crippen molar-refractivity contribution in [2.24, 2.45) is 0 Å². The van der Waals surface area contributed by atoms with E-state index in [1.807, 2.05) is 103 Å². The van der Waals surface area contributed by atoms with Crippen LogP contribution >= 0.6 is 0 Å². The van der Waals surface area contributed by atoms with Crippen molar-refractivity contribution in [1.29, 1.82) is 5.26 Å². The summed E-state index contributed by atoms with van der Waals surface area (Å²) in [4.78, 5) is 32.1. The average Bonchev–Trinajstić information content (AvgIpc) is 1.53. The molecule has 0 saturated carbocycles. The molecular weight excluding hydrogens is 1460 g/mol. The van der Waals surface area contributed by atoms with E-state index in [0.29, 0.717) is 51.8 Å². The lowest BCUT2D eigenvalue weighted by Crippen LogP contribution is -2.08. The Balaban J connectivity index is 0.754. The number of aromatic nitrogens is 10. The molecule has 0 fully saturated rings. The van der Waals surface area contributed by atoms with Crippen LogP contribution in [0.4, 0.5) is 0 Å². The van der Waals surface area contributed by atoms with E-state index in [9.17, 15) is 5.26 Å². The van der Waals surface area contributed by atoms with E-state index in [4.69, 9.17) is 29.9 Å². The molecule has 0 aliphatic carbocycles. The zero-order valence-electron chi connectivity index (χ0n) is 64.6. The molecule has 0 bridgehead atoms. The van der Waals surface area contributed by atoms with Gasteiger partial charge in [-0.2, -0.15) is 5.26 Å². The molecule has 558 valence electrons. The van der Waals surface area contributed by atoms with Crippen molar-refractivity contribution < 1.29 is 0 Å². The quantitative estimate of drug-likeness (QED) is 0.106. The highest BCUT2D eigenvalue weighted by Crippen LogP contribution is 2.50. The van der Waals surface area contributed by atoms with E-state index in [0.717, 1.165) is 177 Å². The Morgan fingerprint density at radius 2 is 0.483 bits per heavy atom. The third-order valence-corrected chi connectivity index (χ3v) is 23.5. The second kappa shape index (κ2) is 28.5. The van der Waals surface area contributed by atoms with Crippen LogP contribution in [0.25, 0.3) is 223 Å². The van der Waals surface area contributed by atoms with Gasteiger partial charge in [-0.15, -0.1) is 0 Å². The molecule has 23 aromatic rings. The summed E-state index contributed by atoms with van der Waals surface area (Å²) in [5, 5.41) is 21.0. The zero-order chi connectivity index (χ0) is 79.3. The van der Waals surface area contributed by atoms with Crippen LogP contribution in [0.1, 0.15) is 5.56 Å². The van der Waals surface area contributed by atoms with Gasteiger partial charge in [-0.25, -0.2) is 29.9 Å². The van der Waals surface area contributed by atoms with Crippen molar-refractivity contribution >= 4 is 87.2 Å². The van der Waals surface area contributed by atoms with Crippen LogP contribution in [-0.2, 0) is 0 Å². The molecule has 0 saturated heterocycles. The van der Waals surface area contributed by atoms with E-state index in [2.05, 4.69) is 328 Å². The lowest BCUT2D eigenvalue weighted by atomic mass is 9.89. The van der Waals surface area contributed by atoms with Crippen molar-refractivity contribution in [2.45, 2.75) is 0 Å². The summed E-state index contributed by atoms with van der Waals surface area (Å²) in [5.41, 5.74) is 24.9. The first-order valence-corrected chi connectivity index (χ1v) is 40.3. The van der Waals surface area contributed by atoms with E-state index in [1.54, 1.807) is 0 Å². The predicted octanol–water partition coefficient (Wildman–Crippen LogP) is 27.0. The van der Waals surface area contributed by atoms with Gasteiger partial charge in [-0.1, -0.05) is 315 Å². The molecular formula is C109H67N11. The molecule has 11 nitrogen and oxygen atoms in total. The summed E-state index contributed by atoms with van der Waals surface area (Å²) in [5.74, 6) is 3.05. The van der Waals surface area contributed by atoms with Gasteiger partial charge in [-0.05, 0) is 130 Å². The topological polar surface area (TPSA) is 121 Å². The Kier molecular flexibility index (Phi) is 16.4. The van der Waals surface area contributed by atoms with E-state index in [1.165, 1.54) is 0 Å². The second-order valence-corrected chi connectivity index (χ2v) is 30.3. The first-order valence-electron chi connectivity index (χ1n) is 40.3. The lowest BCUT2D eigenvalue weighted by molar-refractivity contribution is 1.06. The van der Waals surface area contributed by atoms with Crippen molar-refractivity contribution in [2.75, 3.05) is 0 Å². The summed E-state index contributed by atoms with van der Waals surface area (Å²) in [6.45, 7) is 0. The maximum Gasteiger partial charge on any atom is 0.165 e. The van der Waals surface area contributed by atoms with Gasteiger partial charge in [-0.3, -0.25) is 0 Å². The van der Waals surface area contributed by atoms with Crippen molar-refractivity contribution in [3.63, 3.8) is 0 Å². The number of para-hydroxylation sites is 7. The second-order valence-electron chi connectivity index (χ2n) is 30.3. The summed E-state index contributed by atoms with van der Waals surface area (Å²) >= 11 is 0. The average molecular weight is 1530 g/mol. The molecule has 0 spiro atoms. The molecule has 120 heavy (non-hydrogen) atoms. The van der Waals surface area contributed by atoms with E-state index in [-0.39, 0.29) is 0 Å². The number of benzene rings is 17. The smallest absolute Gasteiger partial charge is 0.165 e. The van der Waals surface area contributed by atoms with E-state index < -0.39 is 0 Å². The lowest BCUT2D eigenvalue weighted by Gasteiger charge is -2.24. The fraction of sp³-hybridized carbons (Fsp3) is 0. The van der Waals surface area contributed by atoms with Gasteiger partial charge in [0.05, 0.1) is 72.4 Å². The highest BCUT2D eigenvalue weighted by atomic mass is 15.1. The summed E-state index contributed by atoms with van der Waals surface area (Å²) in [7, 11) is 0. The number of hydrogen-bond acceptors (Lipinski definition) is 7. The Hall–Kier alpha value is -16.6. The Morgan fingerprint density at radius 3 is 0.900 bits per heavy atom. The number of nitrogens with zero attached hydrogens (tertiary/aromatic N) is 11. The summed E-state index contributed by atoms with van der Waals surface area (Å²) in [6.07, 6.45) is 0. The zero-order valence-corrected chi connectivity index (χ0v) is 64.6. The molecule has 11 heteroatoms. The largest absolute Gasteiger partial charge is 0.307 e. The van der Waals surface area contributed by atoms with Gasteiger partial charge in [0, 0.05) is 82.0 Å². The van der Waals surface area contributed by atoms with Crippen LogP contribution in [-0.4, -0.2) is 48.2 Å². The van der Waals surface area contributed by atoms with Crippen molar-refractivity contribution in [3.05, 3.63) is 412 Å². The SMILES string of the molecule is N#Cc1c(-c2nc(-c3ccccc3)nc(-c3ccccc3)n2)ccc(-n2c3ccccc3c3c(-c4ccc(-c5cc(-c6ccccc6)cc(-c6c(-c7nc(-c8ccccc8)nc(-c8ccccc8)n7)ccc(-n7c8ccccc8c8ccccc87)c6-n6c7ccccc7c7ccccc76)c5)cc4)cccc32)c1-n1c2ccccc2c2ccccc21. The molecule has 0 radical (unpaired) electrons. The van der Waals surface area contributed by atoms with Gasteiger partial charge < -0.3 is 18.3 Å². The van der Waals surface area contributed by atoms with Crippen molar-refractivity contribution in [1.82, 2.24) is 48.2 Å². The van der Waals surface area contributed by atoms with Crippen LogP contribution in [0.5, 0.6) is 0 Å². The minimum atomic E-state index is 0.386. The highest BCUT2D eigenvalue weighted by Gasteiger charge is 2.31.